The van der Waals surface area contributed by atoms with Gasteiger partial charge in [-0.2, -0.15) is 0 Å². The molecule has 0 spiro atoms. The zero-order valence-electron chi connectivity index (χ0n) is 22.4. The number of esters is 4. The van der Waals surface area contributed by atoms with Crippen LogP contribution in [0, 0.1) is 45.3 Å². The van der Waals surface area contributed by atoms with E-state index in [2.05, 4.69) is 9.47 Å². The normalized spacial score (nSPS) is 29.9. The molecule has 0 aromatic heterocycles. The molecule has 0 bridgehead atoms. The van der Waals surface area contributed by atoms with Gasteiger partial charge in [-0.15, -0.1) is 0 Å². The maximum absolute atomic E-state index is 13.0. The van der Waals surface area contributed by atoms with Crippen LogP contribution in [0.4, 0.5) is 0 Å². The third-order valence-corrected chi connectivity index (χ3v) is 9.14. The van der Waals surface area contributed by atoms with Gasteiger partial charge in [-0.05, 0) is 25.7 Å². The van der Waals surface area contributed by atoms with E-state index >= 15 is 0 Å². The molecule has 3 rings (SSSR count). The first-order valence-electron chi connectivity index (χ1n) is 12.5. The van der Waals surface area contributed by atoms with Crippen molar-refractivity contribution in [2.45, 2.75) is 25.7 Å². The van der Waals surface area contributed by atoms with Crippen LogP contribution in [0.5, 0.6) is 0 Å². The highest BCUT2D eigenvalue weighted by atomic mass is 16.6. The van der Waals surface area contributed by atoms with Crippen LogP contribution in [0.1, 0.15) is 25.7 Å². The fourth-order valence-electron chi connectivity index (χ4n) is 6.34. The second kappa shape index (κ2) is 10.9. The maximum atomic E-state index is 13.0. The van der Waals surface area contributed by atoms with Crippen LogP contribution in [-0.4, -0.2) is 112 Å². The molecule has 3 fully saturated rings. The molecule has 3 saturated carbocycles. The van der Waals surface area contributed by atoms with Crippen LogP contribution in [0.3, 0.4) is 0 Å². The van der Waals surface area contributed by atoms with Gasteiger partial charge in [-0.1, -0.05) is 0 Å². The molecule has 6 unspecified atom stereocenters. The Morgan fingerprint density at radius 1 is 0.370 bits per heavy atom. The molecule has 46 heavy (non-hydrogen) atoms. The predicted octanol–water partition coefficient (Wildman–Crippen LogP) is -3.19. The molecule has 0 radical (unpaired) electrons. The second-order valence-corrected chi connectivity index (χ2v) is 10.6. The third-order valence-electron chi connectivity index (χ3n) is 9.14. The molecule has 0 aromatic carbocycles. The molecule has 22 heteroatoms. The summed E-state index contributed by atoms with van der Waals surface area (Å²) < 4.78 is 8.64. The molecule has 3 aliphatic carbocycles. The highest BCUT2D eigenvalue weighted by Crippen LogP contribution is 2.60. The number of carboxylic acid groups (broad SMARTS) is 8. The highest BCUT2D eigenvalue weighted by molar-refractivity contribution is 6.18. The fourth-order valence-corrected chi connectivity index (χ4v) is 6.34. The molecular formula is C24H20O22. The first-order valence-corrected chi connectivity index (χ1v) is 12.5. The summed E-state index contributed by atoms with van der Waals surface area (Å²) in [5.41, 5.74) is -13.8. The smallest absolute Gasteiger partial charge is 0.332 e. The van der Waals surface area contributed by atoms with Crippen molar-refractivity contribution in [2.24, 2.45) is 45.3 Å². The van der Waals surface area contributed by atoms with Gasteiger partial charge in [0.1, 0.15) is 0 Å². The molecule has 0 heterocycles. The summed E-state index contributed by atoms with van der Waals surface area (Å²) in [4.78, 5) is 147. The summed E-state index contributed by atoms with van der Waals surface area (Å²) in [6.45, 7) is 0. The van der Waals surface area contributed by atoms with E-state index in [1.54, 1.807) is 0 Å². The number of carboxylic acids is 8. The largest absolute Gasteiger partial charge is 0.481 e. The molecule has 0 saturated heterocycles. The molecular weight excluding hydrogens is 640 g/mol. The van der Waals surface area contributed by atoms with E-state index in [0.717, 1.165) is 0 Å². The Balaban J connectivity index is 2.02. The van der Waals surface area contributed by atoms with Gasteiger partial charge in [0.15, 0.2) is 21.7 Å². The Morgan fingerprint density at radius 2 is 0.587 bits per heavy atom. The molecule has 3 aliphatic rings. The third kappa shape index (κ3) is 4.01. The summed E-state index contributed by atoms with van der Waals surface area (Å²) in [6, 6.07) is 0. The Bertz CT molecular complexity index is 1410. The number of rotatable bonds is 12. The summed E-state index contributed by atoms with van der Waals surface area (Å²) in [5.74, 6) is -38.1. The second-order valence-electron chi connectivity index (χ2n) is 10.6. The van der Waals surface area contributed by atoms with Gasteiger partial charge in [0.25, 0.3) is 0 Å². The van der Waals surface area contributed by atoms with Crippen molar-refractivity contribution in [3.63, 3.8) is 0 Å². The van der Waals surface area contributed by atoms with Crippen molar-refractivity contribution in [1.29, 1.82) is 0 Å². The predicted molar refractivity (Wildman–Crippen MR) is 125 cm³/mol. The van der Waals surface area contributed by atoms with Crippen molar-refractivity contribution >= 4 is 71.6 Å². The van der Waals surface area contributed by atoms with Crippen LogP contribution < -0.4 is 0 Å². The first-order chi connectivity index (χ1) is 21.1. The van der Waals surface area contributed by atoms with Gasteiger partial charge in [-0.3, -0.25) is 57.5 Å². The molecule has 6 atom stereocenters. The van der Waals surface area contributed by atoms with Gasteiger partial charge < -0.3 is 50.3 Å². The standard InChI is InChI=1S/C24H20O22/c25-9(26)5-6(10(27)28)8(12(30)46-20(44)24(18(41)42)4-2-22(24,15(35)36)16(37)38)7(5)11(29)45-19(43)23(17(39)40)3-1-21(23,13(31)32)14(33)34/h5-8H,1-4H2,(H,25,26)(H,27,28)(H,31,32)(H,33,34)(H,35,36)(H,37,38)(H,39,40)(H,41,42). The monoisotopic (exact) mass is 660 g/mol. The van der Waals surface area contributed by atoms with Crippen molar-refractivity contribution in [1.82, 2.24) is 0 Å². The average molecular weight is 660 g/mol. The summed E-state index contributed by atoms with van der Waals surface area (Å²) >= 11 is 0. The number of hydrogen-bond donors (Lipinski definition) is 8. The van der Waals surface area contributed by atoms with Crippen molar-refractivity contribution in [3.8, 4) is 0 Å². The Kier molecular flexibility index (Phi) is 8.17. The van der Waals surface area contributed by atoms with Crippen molar-refractivity contribution < 1.29 is 108 Å². The molecule has 22 nitrogen and oxygen atoms in total. The average Bonchev–Trinajstić information content (AvgIpc) is 2.80. The molecule has 248 valence electrons. The van der Waals surface area contributed by atoms with Crippen LogP contribution >= 0.6 is 0 Å². The topological polar surface area (TPSA) is 385 Å². The minimum Gasteiger partial charge on any atom is -0.481 e. The Hall–Kier alpha value is -5.96. The molecule has 0 aromatic rings. The Labute approximate surface area is 251 Å². The fraction of sp³-hybridized carbons (Fsp3) is 0.500. The lowest BCUT2D eigenvalue weighted by molar-refractivity contribution is -0.220. The molecule has 0 amide bonds. The lowest BCUT2D eigenvalue weighted by Crippen LogP contribution is -2.69. The minimum atomic E-state index is -3.49. The summed E-state index contributed by atoms with van der Waals surface area (Å²) in [7, 11) is 0. The number of carbonyl (C=O) groups is 12. The van der Waals surface area contributed by atoms with Gasteiger partial charge in [0.05, 0.1) is 23.7 Å². The first kappa shape index (κ1) is 34.5. The lowest BCUT2D eigenvalue weighted by Gasteiger charge is -2.49. The van der Waals surface area contributed by atoms with E-state index in [4.69, 9.17) is 0 Å². The number of aliphatic carboxylic acids is 8. The van der Waals surface area contributed by atoms with Crippen molar-refractivity contribution in [2.75, 3.05) is 0 Å². The van der Waals surface area contributed by atoms with E-state index in [1.165, 1.54) is 0 Å². The van der Waals surface area contributed by atoms with E-state index in [1.807, 2.05) is 0 Å². The van der Waals surface area contributed by atoms with Gasteiger partial charge in [0, 0.05) is 0 Å². The zero-order valence-corrected chi connectivity index (χ0v) is 22.4. The van der Waals surface area contributed by atoms with E-state index < -0.39 is 143 Å². The number of ether oxygens (including phenoxy) is 2. The Morgan fingerprint density at radius 3 is 0.739 bits per heavy atom. The van der Waals surface area contributed by atoms with Crippen LogP contribution in [-0.2, 0) is 67.0 Å². The van der Waals surface area contributed by atoms with Crippen LogP contribution in [0.25, 0.3) is 0 Å². The van der Waals surface area contributed by atoms with E-state index in [0.29, 0.717) is 0 Å². The van der Waals surface area contributed by atoms with Crippen LogP contribution in [0.15, 0.2) is 0 Å². The SMILES string of the molecule is O=C(O)C1C(C(=O)O)C(C(=O)OC(=O)C2(C(=O)O)CCC2(C(=O)O)C(=O)O)C1C(=O)OC(=O)C1(C(=O)O)CCC1(C(=O)O)C(=O)O. The van der Waals surface area contributed by atoms with E-state index in [9.17, 15) is 98.4 Å². The van der Waals surface area contributed by atoms with Gasteiger partial charge >= 0.3 is 71.6 Å². The quantitative estimate of drug-likeness (QED) is 0.0755. The maximum Gasteiger partial charge on any atom is 0.332 e. The zero-order chi connectivity index (χ0) is 35.5. The summed E-state index contributed by atoms with van der Waals surface area (Å²) in [6.07, 6.45) is -4.01. The number of hydrogen-bond acceptors (Lipinski definition) is 14. The highest BCUT2D eigenvalue weighted by Gasteiger charge is 2.80. The lowest BCUT2D eigenvalue weighted by atomic mass is 9.48. The van der Waals surface area contributed by atoms with E-state index in [-0.39, 0.29) is 0 Å². The molecule has 0 aliphatic heterocycles. The summed E-state index contributed by atoms with van der Waals surface area (Å²) in [5, 5.41) is 76.1. The van der Waals surface area contributed by atoms with Gasteiger partial charge in [-0.25, -0.2) is 0 Å². The number of carbonyl (C=O) groups excluding carboxylic acids is 4. The minimum absolute atomic E-state index is 0.966. The van der Waals surface area contributed by atoms with Crippen molar-refractivity contribution in [3.05, 3.63) is 0 Å². The van der Waals surface area contributed by atoms with Gasteiger partial charge in [0.2, 0.25) is 0 Å². The van der Waals surface area contributed by atoms with Crippen LogP contribution in [0.2, 0.25) is 0 Å². The molecule has 8 N–H and O–H groups in total.